The van der Waals surface area contributed by atoms with Gasteiger partial charge in [0.1, 0.15) is 5.82 Å². The Morgan fingerprint density at radius 1 is 1.17 bits per heavy atom. The second kappa shape index (κ2) is 9.36. The van der Waals surface area contributed by atoms with E-state index in [1.54, 1.807) is 23.9 Å². The quantitative estimate of drug-likeness (QED) is 0.497. The predicted molar refractivity (Wildman–Crippen MR) is 112 cm³/mol. The molecule has 3 aromatic rings. The van der Waals surface area contributed by atoms with Crippen LogP contribution in [0.25, 0.3) is 0 Å². The van der Waals surface area contributed by atoms with E-state index in [2.05, 4.69) is 25.9 Å². The molecule has 0 spiro atoms. The van der Waals surface area contributed by atoms with Gasteiger partial charge in [0.15, 0.2) is 5.69 Å². The number of aryl methyl sites for hydroxylation is 2. The molecule has 10 heteroatoms. The van der Waals surface area contributed by atoms with Crippen molar-refractivity contribution in [2.24, 2.45) is 0 Å². The number of carboxylic acid groups (broad SMARTS) is 1. The Hall–Kier alpha value is -3.46. The maximum atomic E-state index is 12.5. The second-order valence-corrected chi connectivity index (χ2v) is 7.02. The Morgan fingerprint density at radius 3 is 2.50 bits per heavy atom. The van der Waals surface area contributed by atoms with Gasteiger partial charge in [0.25, 0.3) is 5.91 Å². The summed E-state index contributed by atoms with van der Waals surface area (Å²) in [7, 11) is 0. The van der Waals surface area contributed by atoms with Crippen LogP contribution in [0.4, 0.5) is 10.6 Å². The van der Waals surface area contributed by atoms with Crippen molar-refractivity contribution in [1.29, 1.82) is 0 Å². The van der Waals surface area contributed by atoms with Crippen LogP contribution in [-0.2, 0) is 19.0 Å². The molecule has 0 fully saturated rings. The lowest BCUT2D eigenvalue weighted by Gasteiger charge is -2.12. The summed E-state index contributed by atoms with van der Waals surface area (Å²) in [4.78, 5) is 27.4. The summed E-state index contributed by atoms with van der Waals surface area (Å²) in [5.74, 6) is 0.348. The molecular weight excluding hydrogens is 408 g/mol. The molecular formula is C20H21ClN6O3. The molecule has 0 saturated heterocycles. The smallest absolute Gasteiger partial charge is 0.410 e. The number of halogens is 1. The zero-order chi connectivity index (χ0) is 21.7. The van der Waals surface area contributed by atoms with E-state index in [0.29, 0.717) is 18.1 Å². The van der Waals surface area contributed by atoms with Crippen molar-refractivity contribution < 1.29 is 14.7 Å². The van der Waals surface area contributed by atoms with E-state index in [0.717, 1.165) is 22.3 Å². The third-order valence-electron chi connectivity index (χ3n) is 4.51. The summed E-state index contributed by atoms with van der Waals surface area (Å²) in [6.45, 7) is 4.31. The monoisotopic (exact) mass is 428 g/mol. The summed E-state index contributed by atoms with van der Waals surface area (Å²) >= 11 is 5.80. The number of carbonyl (C=O) groups is 2. The molecule has 0 atom stereocenters. The van der Waals surface area contributed by atoms with Gasteiger partial charge in [0, 0.05) is 18.1 Å². The minimum absolute atomic E-state index is 0.208. The summed E-state index contributed by atoms with van der Waals surface area (Å²) in [6, 6.07) is 9.43. The molecule has 0 saturated carbocycles. The lowest BCUT2D eigenvalue weighted by molar-refractivity contribution is 0.0945. The van der Waals surface area contributed by atoms with Crippen LogP contribution in [-0.4, -0.2) is 37.1 Å². The molecule has 0 radical (unpaired) electrons. The number of pyridine rings is 1. The molecule has 3 N–H and O–H groups in total. The summed E-state index contributed by atoms with van der Waals surface area (Å²) in [5, 5.41) is 21.8. The fourth-order valence-corrected chi connectivity index (χ4v) is 3.14. The minimum Gasteiger partial charge on any atom is -0.465 e. The maximum absolute atomic E-state index is 12.5. The SMILES string of the molecule is Cc1cc(NC(=O)O)nc(C)c1CNC(=O)c1cn(Cc2ccc(CCl)cc2)nn1. The van der Waals surface area contributed by atoms with Gasteiger partial charge in [0.05, 0.1) is 12.7 Å². The normalized spacial score (nSPS) is 10.6. The summed E-state index contributed by atoms with van der Waals surface area (Å²) in [5.41, 5.74) is 4.52. The zero-order valence-electron chi connectivity index (χ0n) is 16.5. The first-order chi connectivity index (χ1) is 14.4. The molecule has 2 aromatic heterocycles. The summed E-state index contributed by atoms with van der Waals surface area (Å²) < 4.78 is 1.59. The Bertz CT molecular complexity index is 1040. The topological polar surface area (TPSA) is 122 Å². The van der Waals surface area contributed by atoms with Crippen LogP contribution >= 0.6 is 11.6 Å². The highest BCUT2D eigenvalue weighted by molar-refractivity contribution is 6.17. The van der Waals surface area contributed by atoms with Gasteiger partial charge < -0.3 is 10.4 Å². The highest BCUT2D eigenvalue weighted by Gasteiger charge is 2.14. The largest absolute Gasteiger partial charge is 0.465 e. The van der Waals surface area contributed by atoms with Gasteiger partial charge in [-0.3, -0.25) is 10.1 Å². The molecule has 1 aromatic carbocycles. The molecule has 0 bridgehead atoms. The number of hydrogen-bond donors (Lipinski definition) is 3. The third kappa shape index (κ3) is 5.32. The van der Waals surface area contributed by atoms with Crippen molar-refractivity contribution in [3.8, 4) is 0 Å². The summed E-state index contributed by atoms with van der Waals surface area (Å²) in [6.07, 6.45) is 0.406. The van der Waals surface area contributed by atoms with E-state index >= 15 is 0 Å². The highest BCUT2D eigenvalue weighted by Crippen LogP contribution is 2.16. The lowest BCUT2D eigenvalue weighted by atomic mass is 10.1. The minimum atomic E-state index is -1.18. The Kier molecular flexibility index (Phi) is 6.63. The van der Waals surface area contributed by atoms with Gasteiger partial charge in [-0.15, -0.1) is 16.7 Å². The van der Waals surface area contributed by atoms with Crippen molar-refractivity contribution in [2.45, 2.75) is 32.8 Å². The van der Waals surface area contributed by atoms with Crippen LogP contribution in [0.5, 0.6) is 0 Å². The molecule has 2 heterocycles. The number of anilines is 1. The number of alkyl halides is 1. The molecule has 9 nitrogen and oxygen atoms in total. The van der Waals surface area contributed by atoms with E-state index < -0.39 is 6.09 Å². The lowest BCUT2D eigenvalue weighted by Crippen LogP contribution is -2.24. The van der Waals surface area contributed by atoms with Crippen molar-refractivity contribution in [3.05, 3.63) is 70.2 Å². The number of benzene rings is 1. The van der Waals surface area contributed by atoms with Crippen LogP contribution in [0, 0.1) is 13.8 Å². The van der Waals surface area contributed by atoms with Gasteiger partial charge >= 0.3 is 6.09 Å². The Morgan fingerprint density at radius 2 is 1.87 bits per heavy atom. The Balaban J connectivity index is 1.62. The van der Waals surface area contributed by atoms with E-state index in [4.69, 9.17) is 16.7 Å². The molecule has 0 aliphatic carbocycles. The number of hydrogen-bond acceptors (Lipinski definition) is 5. The zero-order valence-corrected chi connectivity index (χ0v) is 17.3. The average molecular weight is 429 g/mol. The maximum Gasteiger partial charge on any atom is 0.410 e. The van der Waals surface area contributed by atoms with E-state index in [9.17, 15) is 9.59 Å². The van der Waals surface area contributed by atoms with Crippen molar-refractivity contribution in [3.63, 3.8) is 0 Å². The number of aromatic nitrogens is 4. The predicted octanol–water partition coefficient (Wildman–Crippen LogP) is 3.10. The van der Waals surface area contributed by atoms with Crippen LogP contribution in [0.1, 0.15) is 38.4 Å². The fraction of sp³-hybridized carbons (Fsp3) is 0.250. The van der Waals surface area contributed by atoms with E-state index in [1.807, 2.05) is 31.2 Å². The van der Waals surface area contributed by atoms with Crippen molar-refractivity contribution >= 4 is 29.4 Å². The molecule has 3 rings (SSSR count). The van der Waals surface area contributed by atoms with Crippen LogP contribution in [0.2, 0.25) is 0 Å². The van der Waals surface area contributed by atoms with E-state index in [-0.39, 0.29) is 24.0 Å². The third-order valence-corrected chi connectivity index (χ3v) is 4.82. The fourth-order valence-electron chi connectivity index (χ4n) is 2.96. The van der Waals surface area contributed by atoms with Gasteiger partial charge in [0.2, 0.25) is 0 Å². The number of carbonyl (C=O) groups excluding carboxylic acids is 1. The van der Waals surface area contributed by atoms with Crippen LogP contribution < -0.4 is 10.6 Å². The standard InChI is InChI=1S/C20H21ClN6O3/c1-12-7-18(24-20(29)30)23-13(2)16(12)9-22-19(28)17-11-27(26-25-17)10-15-5-3-14(8-21)4-6-15/h3-7,11H,8-10H2,1-2H3,(H,22,28)(H,23,24)(H,29,30). The molecule has 0 aliphatic rings. The van der Waals surface area contributed by atoms with Crippen molar-refractivity contribution in [2.75, 3.05) is 5.32 Å². The van der Waals surface area contributed by atoms with Gasteiger partial charge in [-0.05, 0) is 42.2 Å². The van der Waals surface area contributed by atoms with Crippen molar-refractivity contribution in [1.82, 2.24) is 25.3 Å². The second-order valence-electron chi connectivity index (χ2n) is 6.75. The molecule has 156 valence electrons. The van der Waals surface area contributed by atoms with Gasteiger partial charge in [-0.1, -0.05) is 29.5 Å². The first kappa shape index (κ1) is 21.3. The number of rotatable bonds is 7. The highest BCUT2D eigenvalue weighted by atomic mass is 35.5. The molecule has 2 amide bonds. The average Bonchev–Trinajstić information content (AvgIpc) is 3.16. The molecule has 0 unspecified atom stereocenters. The van der Waals surface area contributed by atoms with E-state index in [1.165, 1.54) is 0 Å². The molecule has 0 aliphatic heterocycles. The Labute approximate surface area is 178 Å². The number of nitrogens with one attached hydrogen (secondary N) is 2. The van der Waals surface area contributed by atoms with Crippen LogP contribution in [0.15, 0.2) is 36.5 Å². The molecule has 30 heavy (non-hydrogen) atoms. The van der Waals surface area contributed by atoms with Gasteiger partial charge in [-0.2, -0.15) is 0 Å². The number of nitrogens with zero attached hydrogens (tertiary/aromatic N) is 4. The first-order valence-electron chi connectivity index (χ1n) is 9.15. The van der Waals surface area contributed by atoms with Crippen LogP contribution in [0.3, 0.4) is 0 Å². The van der Waals surface area contributed by atoms with Gasteiger partial charge in [-0.25, -0.2) is 14.5 Å². The first-order valence-corrected chi connectivity index (χ1v) is 9.68. The number of amides is 2.